The maximum atomic E-state index is 8.51. The average molecular weight is 385 g/mol. The quantitative estimate of drug-likeness (QED) is 0.396. The second-order valence-corrected chi connectivity index (χ2v) is 7.48. The van der Waals surface area contributed by atoms with E-state index < -0.39 is 0 Å². The highest BCUT2D eigenvalue weighted by atomic mass is 35.5. The number of allylic oxidation sites excluding steroid dienone is 3. The molecule has 2 N–H and O–H groups in total. The number of anilines is 1. The molecule has 0 radical (unpaired) electrons. The number of benzene rings is 1. The molecular weight excluding hydrogens is 365 g/mol. The second-order valence-electron chi connectivity index (χ2n) is 6.60. The summed E-state index contributed by atoms with van der Waals surface area (Å²) in [5, 5.41) is 12.8. The van der Waals surface area contributed by atoms with Crippen molar-refractivity contribution in [3.8, 4) is 0 Å². The van der Waals surface area contributed by atoms with Gasteiger partial charge in [0.2, 0.25) is 0 Å². The number of hydrogen-bond acceptors (Lipinski definition) is 1. The fourth-order valence-corrected chi connectivity index (χ4v) is 4.82. The first kappa shape index (κ1) is 17.7. The number of halogens is 3. The molecule has 1 aromatic carbocycles. The molecule has 0 bridgehead atoms. The van der Waals surface area contributed by atoms with Gasteiger partial charge in [0.15, 0.2) is 5.96 Å². The lowest BCUT2D eigenvalue weighted by Gasteiger charge is -2.36. The maximum absolute atomic E-state index is 8.51. The summed E-state index contributed by atoms with van der Waals surface area (Å²) in [6.45, 7) is 0.931. The summed E-state index contributed by atoms with van der Waals surface area (Å²) in [4.78, 5) is 2.18. The Morgan fingerprint density at radius 3 is 2.54 bits per heavy atom. The molecule has 2 aliphatic carbocycles. The van der Waals surface area contributed by atoms with Gasteiger partial charge in [-0.05, 0) is 48.8 Å². The summed E-state index contributed by atoms with van der Waals surface area (Å²) in [6.07, 6.45) is 11.5. The van der Waals surface area contributed by atoms with Crippen LogP contribution < -0.4 is 5.32 Å². The first-order valence-corrected chi connectivity index (χ1v) is 8.79. The molecule has 4 unspecified atom stereocenters. The molecule has 0 aromatic heterocycles. The Morgan fingerprint density at radius 1 is 1.08 bits per heavy atom. The molecule has 1 saturated heterocycles. The van der Waals surface area contributed by atoms with Crippen LogP contribution in [0.15, 0.2) is 42.5 Å². The molecule has 1 heterocycles. The highest BCUT2D eigenvalue weighted by molar-refractivity contribution is 6.35. The Kier molecular flexibility index (Phi) is 5.14. The van der Waals surface area contributed by atoms with Gasteiger partial charge in [0.25, 0.3) is 0 Å². The summed E-state index contributed by atoms with van der Waals surface area (Å²) in [7, 11) is 0. The largest absolute Gasteiger partial charge is 0.336 e. The summed E-state index contributed by atoms with van der Waals surface area (Å²) >= 11 is 12.1. The van der Waals surface area contributed by atoms with E-state index in [4.69, 9.17) is 28.6 Å². The molecule has 24 heavy (non-hydrogen) atoms. The van der Waals surface area contributed by atoms with Crippen LogP contribution in [0.3, 0.4) is 0 Å². The minimum absolute atomic E-state index is 0. The SMILES string of the molecule is Cl.N=C(Nc1cc(Cl)cc(Cl)c1)N1CC2CC=CC3CC=CC1C32. The van der Waals surface area contributed by atoms with Gasteiger partial charge >= 0.3 is 0 Å². The zero-order chi connectivity index (χ0) is 16.0. The van der Waals surface area contributed by atoms with Crippen molar-refractivity contribution in [1.82, 2.24) is 4.90 Å². The van der Waals surface area contributed by atoms with Crippen LogP contribution in [-0.2, 0) is 0 Å². The Labute approximate surface area is 158 Å². The third kappa shape index (κ3) is 3.17. The van der Waals surface area contributed by atoms with Crippen molar-refractivity contribution in [1.29, 1.82) is 5.41 Å². The van der Waals surface area contributed by atoms with E-state index >= 15 is 0 Å². The first-order chi connectivity index (χ1) is 11.1. The van der Waals surface area contributed by atoms with Crippen molar-refractivity contribution in [3.05, 3.63) is 52.5 Å². The van der Waals surface area contributed by atoms with Crippen molar-refractivity contribution >= 4 is 47.3 Å². The van der Waals surface area contributed by atoms with E-state index in [9.17, 15) is 0 Å². The first-order valence-electron chi connectivity index (χ1n) is 8.03. The van der Waals surface area contributed by atoms with Crippen molar-refractivity contribution in [2.45, 2.75) is 18.9 Å². The van der Waals surface area contributed by atoms with Gasteiger partial charge < -0.3 is 10.2 Å². The van der Waals surface area contributed by atoms with Gasteiger partial charge in [0.05, 0.1) is 6.04 Å². The molecular formula is C18H20Cl3N3. The summed E-state index contributed by atoms with van der Waals surface area (Å²) in [6, 6.07) is 5.61. The zero-order valence-corrected chi connectivity index (χ0v) is 15.4. The maximum Gasteiger partial charge on any atom is 0.196 e. The third-order valence-corrected chi connectivity index (χ3v) is 5.64. The molecule has 1 aromatic rings. The zero-order valence-electron chi connectivity index (χ0n) is 13.1. The molecule has 0 amide bonds. The molecule has 0 spiro atoms. The fraction of sp³-hybridized carbons (Fsp3) is 0.389. The number of guanidine groups is 1. The van der Waals surface area contributed by atoms with Gasteiger partial charge in [-0.1, -0.05) is 47.5 Å². The molecule has 3 aliphatic rings. The number of likely N-dealkylation sites (tertiary alicyclic amines) is 1. The van der Waals surface area contributed by atoms with E-state index in [1.54, 1.807) is 18.2 Å². The van der Waals surface area contributed by atoms with E-state index in [0.29, 0.717) is 39.8 Å². The highest BCUT2D eigenvalue weighted by Crippen LogP contribution is 2.45. The number of hydrogen-bond donors (Lipinski definition) is 2. The molecule has 128 valence electrons. The normalized spacial score (nSPS) is 29.8. The van der Waals surface area contributed by atoms with Crippen molar-refractivity contribution in [3.63, 3.8) is 0 Å². The number of nitrogens with zero attached hydrogens (tertiary/aromatic N) is 1. The minimum Gasteiger partial charge on any atom is -0.336 e. The van der Waals surface area contributed by atoms with E-state index in [-0.39, 0.29) is 12.4 Å². The van der Waals surface area contributed by atoms with Crippen molar-refractivity contribution in [2.75, 3.05) is 11.9 Å². The van der Waals surface area contributed by atoms with Crippen molar-refractivity contribution in [2.24, 2.45) is 17.8 Å². The molecule has 1 aliphatic heterocycles. The van der Waals surface area contributed by atoms with Crippen LogP contribution in [0.25, 0.3) is 0 Å². The Morgan fingerprint density at radius 2 is 1.79 bits per heavy atom. The lowest BCUT2D eigenvalue weighted by molar-refractivity contribution is 0.266. The summed E-state index contributed by atoms with van der Waals surface area (Å²) < 4.78 is 0. The van der Waals surface area contributed by atoms with Gasteiger partial charge in [-0.15, -0.1) is 12.4 Å². The Bertz CT molecular complexity index is 680. The van der Waals surface area contributed by atoms with Crippen LogP contribution in [0.2, 0.25) is 10.0 Å². The third-order valence-electron chi connectivity index (χ3n) is 5.20. The Balaban J connectivity index is 0.00000169. The van der Waals surface area contributed by atoms with Gasteiger partial charge in [0.1, 0.15) is 0 Å². The monoisotopic (exact) mass is 383 g/mol. The van der Waals surface area contributed by atoms with Gasteiger partial charge in [0, 0.05) is 22.3 Å². The van der Waals surface area contributed by atoms with Crippen LogP contribution >= 0.6 is 35.6 Å². The molecule has 4 atom stereocenters. The smallest absolute Gasteiger partial charge is 0.196 e. The van der Waals surface area contributed by atoms with E-state index in [2.05, 4.69) is 34.5 Å². The van der Waals surface area contributed by atoms with Crippen LogP contribution in [0.1, 0.15) is 12.8 Å². The Hall–Kier alpha value is -1.16. The topological polar surface area (TPSA) is 39.1 Å². The molecule has 1 fully saturated rings. The molecule has 6 heteroatoms. The average Bonchev–Trinajstić information content (AvgIpc) is 2.88. The fourth-order valence-electron chi connectivity index (χ4n) is 4.29. The number of rotatable bonds is 1. The predicted molar refractivity (Wildman–Crippen MR) is 104 cm³/mol. The van der Waals surface area contributed by atoms with Crippen LogP contribution in [0.5, 0.6) is 0 Å². The summed E-state index contributed by atoms with van der Waals surface area (Å²) in [5.41, 5.74) is 0.761. The van der Waals surface area contributed by atoms with Crippen LogP contribution in [0.4, 0.5) is 5.69 Å². The van der Waals surface area contributed by atoms with E-state index in [1.807, 2.05) is 0 Å². The molecule has 4 rings (SSSR count). The molecule has 3 nitrogen and oxygen atoms in total. The van der Waals surface area contributed by atoms with Gasteiger partial charge in [-0.3, -0.25) is 5.41 Å². The molecule has 0 saturated carbocycles. The van der Waals surface area contributed by atoms with Gasteiger partial charge in [-0.2, -0.15) is 0 Å². The minimum atomic E-state index is 0. The lowest BCUT2D eigenvalue weighted by atomic mass is 9.71. The van der Waals surface area contributed by atoms with E-state index in [1.165, 1.54) is 0 Å². The second kappa shape index (κ2) is 6.99. The van der Waals surface area contributed by atoms with Crippen molar-refractivity contribution < 1.29 is 0 Å². The number of nitrogens with one attached hydrogen (secondary N) is 2. The lowest BCUT2D eigenvalue weighted by Crippen LogP contribution is -2.42. The standard InChI is InChI=1S/C18H19Cl2N3.ClH/c19-13-7-14(20)9-15(8-13)22-18(21)23-10-12-5-1-3-11-4-2-6-16(23)17(11)12;/h1-3,6-9,11-12,16-17H,4-5,10H2,(H2,21,22);1H. The summed E-state index contributed by atoms with van der Waals surface area (Å²) in [5.74, 6) is 2.33. The predicted octanol–water partition coefficient (Wildman–Crippen LogP) is 5.21. The van der Waals surface area contributed by atoms with Gasteiger partial charge in [-0.25, -0.2) is 0 Å². The van der Waals surface area contributed by atoms with Crippen LogP contribution in [0, 0.1) is 23.2 Å². The van der Waals surface area contributed by atoms with E-state index in [0.717, 1.165) is 25.1 Å². The van der Waals surface area contributed by atoms with Crippen LogP contribution in [-0.4, -0.2) is 23.4 Å². The highest BCUT2D eigenvalue weighted by Gasteiger charge is 2.46.